The van der Waals surface area contributed by atoms with Crippen LogP contribution < -0.4 is 15.4 Å². The van der Waals surface area contributed by atoms with E-state index in [1.54, 1.807) is 32.0 Å². The van der Waals surface area contributed by atoms with Crippen molar-refractivity contribution in [3.05, 3.63) is 34.5 Å². The van der Waals surface area contributed by atoms with Crippen LogP contribution in [-0.2, 0) is 9.59 Å². The molecular formula is C17H20ClN3O4S. The second-order valence-electron chi connectivity index (χ2n) is 5.62. The highest BCUT2D eigenvalue weighted by molar-refractivity contribution is 8.01. The number of aromatic nitrogens is 1. The summed E-state index contributed by atoms with van der Waals surface area (Å²) in [5.74, 6) is 1.05. The lowest BCUT2D eigenvalue weighted by Gasteiger charge is -2.13. The molecule has 140 valence electrons. The summed E-state index contributed by atoms with van der Waals surface area (Å²) in [4.78, 5) is 24.3. The van der Waals surface area contributed by atoms with Gasteiger partial charge < -0.3 is 19.9 Å². The SMILES string of the molecule is COc1cc(Cl)c(C)cc1NC(=O)CS[C@@H](C)C(=O)Nc1cc(C)on1. The fourth-order valence-electron chi connectivity index (χ4n) is 2.05. The van der Waals surface area contributed by atoms with Gasteiger partial charge in [0.15, 0.2) is 5.82 Å². The van der Waals surface area contributed by atoms with Crippen molar-refractivity contribution >= 4 is 46.7 Å². The van der Waals surface area contributed by atoms with Gasteiger partial charge in [0.1, 0.15) is 11.5 Å². The van der Waals surface area contributed by atoms with Crippen LogP contribution >= 0.6 is 23.4 Å². The number of aryl methyl sites for hydroxylation is 2. The molecule has 1 heterocycles. The molecule has 2 aromatic rings. The zero-order valence-electron chi connectivity index (χ0n) is 14.9. The number of anilines is 2. The van der Waals surface area contributed by atoms with Crippen LogP contribution in [0.4, 0.5) is 11.5 Å². The highest BCUT2D eigenvalue weighted by Gasteiger charge is 2.17. The number of nitrogens with one attached hydrogen (secondary N) is 2. The van der Waals surface area contributed by atoms with Crippen LogP contribution in [0.1, 0.15) is 18.2 Å². The molecule has 0 unspecified atom stereocenters. The molecule has 0 saturated carbocycles. The van der Waals surface area contributed by atoms with Crippen LogP contribution in [0.25, 0.3) is 0 Å². The van der Waals surface area contributed by atoms with Crippen molar-refractivity contribution in [2.24, 2.45) is 0 Å². The number of amides is 2. The molecule has 1 atom stereocenters. The lowest BCUT2D eigenvalue weighted by molar-refractivity contribution is -0.115. The zero-order valence-corrected chi connectivity index (χ0v) is 16.5. The van der Waals surface area contributed by atoms with Crippen molar-refractivity contribution in [3.8, 4) is 5.75 Å². The van der Waals surface area contributed by atoms with E-state index >= 15 is 0 Å². The Labute approximate surface area is 160 Å². The number of rotatable bonds is 7. The standard InChI is InChI=1S/C17H20ClN3O4S/c1-9-5-13(14(24-4)7-12(9)18)19-16(22)8-26-11(3)17(23)20-15-6-10(2)25-21-15/h5-7,11H,8H2,1-4H3,(H,19,22)(H,20,21,23)/t11-/m0/s1. The Kier molecular flexibility index (Phi) is 6.93. The number of halogens is 1. The molecule has 26 heavy (non-hydrogen) atoms. The third kappa shape index (κ3) is 5.40. The van der Waals surface area contributed by atoms with Crippen LogP contribution in [-0.4, -0.2) is 35.1 Å². The van der Waals surface area contributed by atoms with Gasteiger partial charge in [-0.15, -0.1) is 11.8 Å². The van der Waals surface area contributed by atoms with Gasteiger partial charge in [-0.1, -0.05) is 16.8 Å². The van der Waals surface area contributed by atoms with Crippen LogP contribution in [0.2, 0.25) is 5.02 Å². The highest BCUT2D eigenvalue weighted by Crippen LogP contribution is 2.31. The monoisotopic (exact) mass is 397 g/mol. The number of ether oxygens (including phenoxy) is 1. The summed E-state index contributed by atoms with van der Waals surface area (Å²) in [6.07, 6.45) is 0. The highest BCUT2D eigenvalue weighted by atomic mass is 35.5. The van der Waals surface area contributed by atoms with E-state index in [9.17, 15) is 9.59 Å². The largest absolute Gasteiger partial charge is 0.495 e. The second-order valence-corrected chi connectivity index (χ2v) is 7.35. The summed E-state index contributed by atoms with van der Waals surface area (Å²) in [6, 6.07) is 5.01. The molecule has 0 aliphatic rings. The van der Waals surface area contributed by atoms with Gasteiger partial charge in [-0.3, -0.25) is 9.59 Å². The van der Waals surface area contributed by atoms with E-state index in [1.165, 1.54) is 18.9 Å². The van der Waals surface area contributed by atoms with E-state index in [4.69, 9.17) is 20.9 Å². The molecule has 2 amide bonds. The summed E-state index contributed by atoms with van der Waals surface area (Å²) < 4.78 is 10.1. The van der Waals surface area contributed by atoms with Gasteiger partial charge in [-0.05, 0) is 32.4 Å². The van der Waals surface area contributed by atoms with Crippen LogP contribution in [0, 0.1) is 13.8 Å². The zero-order chi connectivity index (χ0) is 19.3. The molecule has 9 heteroatoms. The Hall–Kier alpha value is -2.19. The van der Waals surface area contributed by atoms with Crippen molar-refractivity contribution in [1.82, 2.24) is 5.16 Å². The van der Waals surface area contributed by atoms with Crippen molar-refractivity contribution in [3.63, 3.8) is 0 Å². The average Bonchev–Trinajstić information content (AvgIpc) is 3.00. The van der Waals surface area contributed by atoms with Crippen molar-refractivity contribution in [1.29, 1.82) is 0 Å². The Balaban J connectivity index is 1.88. The molecule has 0 aliphatic heterocycles. The third-order valence-electron chi connectivity index (χ3n) is 3.47. The Morgan fingerprint density at radius 2 is 2.04 bits per heavy atom. The fourth-order valence-corrected chi connectivity index (χ4v) is 2.88. The lowest BCUT2D eigenvalue weighted by Crippen LogP contribution is -2.25. The number of benzene rings is 1. The number of hydrogen-bond acceptors (Lipinski definition) is 6. The molecule has 0 bridgehead atoms. The smallest absolute Gasteiger partial charge is 0.238 e. The van der Waals surface area contributed by atoms with E-state index in [-0.39, 0.29) is 17.6 Å². The molecule has 0 fully saturated rings. The topological polar surface area (TPSA) is 93.5 Å². The van der Waals surface area contributed by atoms with Crippen LogP contribution in [0.5, 0.6) is 5.75 Å². The Morgan fingerprint density at radius 1 is 1.31 bits per heavy atom. The lowest BCUT2D eigenvalue weighted by atomic mass is 10.2. The average molecular weight is 398 g/mol. The van der Waals surface area contributed by atoms with Gasteiger partial charge >= 0.3 is 0 Å². The summed E-state index contributed by atoms with van der Waals surface area (Å²) in [6.45, 7) is 5.29. The van der Waals surface area contributed by atoms with E-state index in [2.05, 4.69) is 15.8 Å². The summed E-state index contributed by atoms with van der Waals surface area (Å²) in [5, 5.41) is 9.23. The summed E-state index contributed by atoms with van der Waals surface area (Å²) in [7, 11) is 1.50. The molecule has 0 saturated heterocycles. The minimum atomic E-state index is -0.438. The van der Waals surface area contributed by atoms with Crippen molar-refractivity contribution in [2.45, 2.75) is 26.0 Å². The molecular weight excluding hydrogens is 378 g/mol. The van der Waals surface area contributed by atoms with Gasteiger partial charge in [0.2, 0.25) is 11.8 Å². The molecule has 2 N–H and O–H groups in total. The fraction of sp³-hybridized carbons (Fsp3) is 0.353. The first-order valence-corrected chi connectivity index (χ1v) is 9.22. The molecule has 0 spiro atoms. The van der Waals surface area contributed by atoms with E-state index in [0.717, 1.165) is 5.56 Å². The van der Waals surface area contributed by atoms with Gasteiger partial charge in [0.25, 0.3) is 0 Å². The molecule has 0 aliphatic carbocycles. The molecule has 7 nitrogen and oxygen atoms in total. The number of hydrogen-bond donors (Lipinski definition) is 2. The van der Waals surface area contributed by atoms with E-state index < -0.39 is 5.25 Å². The molecule has 1 aromatic heterocycles. The van der Waals surface area contributed by atoms with E-state index in [0.29, 0.717) is 28.0 Å². The van der Waals surface area contributed by atoms with Crippen molar-refractivity contribution in [2.75, 3.05) is 23.5 Å². The summed E-state index contributed by atoms with van der Waals surface area (Å²) >= 11 is 7.26. The van der Waals surface area contributed by atoms with Crippen molar-refractivity contribution < 1.29 is 18.8 Å². The molecule has 0 radical (unpaired) electrons. The first kappa shape index (κ1) is 20.1. The van der Waals surface area contributed by atoms with Crippen LogP contribution in [0.3, 0.4) is 0 Å². The molecule has 1 aromatic carbocycles. The predicted molar refractivity (Wildman–Crippen MR) is 103 cm³/mol. The normalized spacial score (nSPS) is 11.7. The second kappa shape index (κ2) is 8.95. The quantitative estimate of drug-likeness (QED) is 0.740. The predicted octanol–water partition coefficient (Wildman–Crippen LogP) is 3.65. The molecule has 2 rings (SSSR count). The number of thioether (sulfide) groups is 1. The number of carbonyl (C=O) groups excluding carboxylic acids is 2. The Bertz CT molecular complexity index is 809. The van der Waals surface area contributed by atoms with E-state index in [1.807, 2.05) is 6.92 Å². The maximum Gasteiger partial charge on any atom is 0.238 e. The third-order valence-corrected chi connectivity index (χ3v) is 5.02. The van der Waals surface area contributed by atoms with Gasteiger partial charge in [-0.2, -0.15) is 0 Å². The first-order chi connectivity index (χ1) is 12.3. The maximum absolute atomic E-state index is 12.2. The minimum absolute atomic E-state index is 0.108. The number of carbonyl (C=O) groups is 2. The summed E-state index contributed by atoms with van der Waals surface area (Å²) in [5.41, 5.74) is 1.36. The first-order valence-electron chi connectivity index (χ1n) is 7.80. The van der Waals surface area contributed by atoms with Crippen LogP contribution in [0.15, 0.2) is 22.7 Å². The van der Waals surface area contributed by atoms with Gasteiger partial charge in [0, 0.05) is 17.2 Å². The maximum atomic E-state index is 12.2. The van der Waals surface area contributed by atoms with Gasteiger partial charge in [-0.25, -0.2) is 0 Å². The Morgan fingerprint density at radius 3 is 2.65 bits per heavy atom. The number of nitrogens with zero attached hydrogens (tertiary/aromatic N) is 1. The van der Waals surface area contributed by atoms with Gasteiger partial charge in [0.05, 0.1) is 23.8 Å². The number of methoxy groups -OCH3 is 1. The minimum Gasteiger partial charge on any atom is -0.495 e.